The van der Waals surface area contributed by atoms with Gasteiger partial charge in [-0.3, -0.25) is 9.59 Å². The number of carbonyl (C=O) groups is 2. The highest BCUT2D eigenvalue weighted by Crippen LogP contribution is 2.31. The highest BCUT2D eigenvalue weighted by atomic mass is 16.1. The van der Waals surface area contributed by atoms with E-state index in [4.69, 9.17) is 0 Å². The second-order valence-corrected chi connectivity index (χ2v) is 11.0. The van der Waals surface area contributed by atoms with Crippen LogP contribution in [0.5, 0.6) is 0 Å². The number of para-hydroxylation sites is 1. The summed E-state index contributed by atoms with van der Waals surface area (Å²) in [5.74, 6) is 1.19. The highest BCUT2D eigenvalue weighted by Gasteiger charge is 2.29. The van der Waals surface area contributed by atoms with Gasteiger partial charge in [0.2, 0.25) is 0 Å². The smallest absolute Gasteiger partial charge is 0.255 e. The van der Waals surface area contributed by atoms with Crippen LogP contribution in [0.4, 0.5) is 5.69 Å². The maximum absolute atomic E-state index is 13.3. The number of likely N-dealkylation sites (tertiary alicyclic amines) is 1. The van der Waals surface area contributed by atoms with Crippen LogP contribution in [-0.2, 0) is 6.42 Å². The summed E-state index contributed by atoms with van der Waals surface area (Å²) in [5.41, 5.74) is 5.86. The molecule has 1 saturated heterocycles. The number of Topliss-reactive ketones (excluding diaryl/α,β-unsaturated/α-hetero) is 1. The van der Waals surface area contributed by atoms with Crippen molar-refractivity contribution in [2.24, 2.45) is 5.92 Å². The zero-order chi connectivity index (χ0) is 25.8. The number of nitrogens with one attached hydrogen (secondary N) is 1. The molecule has 4 nitrogen and oxygen atoms in total. The van der Waals surface area contributed by atoms with Gasteiger partial charge in [0.05, 0.1) is 0 Å². The standard InChI is InChI=1S/C33H38N2O2/c1-23(2)29-10-6-7-11-31(29)34-33(37)28-14-15-30-27(22-28)13-12-26(32(30)36)18-21-35-19-16-25(17-20-35)24-8-4-3-5-9-24/h3-11,14-15,22-23,25-26H,12-13,16-21H2,1-2H3,(H,34,37). The minimum Gasteiger partial charge on any atom is -0.322 e. The lowest BCUT2D eigenvalue weighted by Crippen LogP contribution is -2.35. The van der Waals surface area contributed by atoms with Crippen molar-refractivity contribution < 1.29 is 9.59 Å². The second kappa shape index (κ2) is 11.4. The summed E-state index contributed by atoms with van der Waals surface area (Å²) in [6, 6.07) is 24.4. The Morgan fingerprint density at radius 2 is 1.68 bits per heavy atom. The third kappa shape index (κ3) is 5.86. The number of nitrogens with zero attached hydrogens (tertiary/aromatic N) is 1. The van der Waals surface area contributed by atoms with Crippen molar-refractivity contribution in [1.82, 2.24) is 4.90 Å². The van der Waals surface area contributed by atoms with E-state index < -0.39 is 0 Å². The van der Waals surface area contributed by atoms with Crippen LogP contribution in [0.3, 0.4) is 0 Å². The van der Waals surface area contributed by atoms with E-state index in [1.54, 1.807) is 6.07 Å². The molecule has 3 aromatic carbocycles. The highest BCUT2D eigenvalue weighted by molar-refractivity contribution is 6.06. The normalized spacial score (nSPS) is 18.6. The first-order valence-electron chi connectivity index (χ1n) is 13.8. The molecule has 3 aromatic rings. The molecule has 1 unspecified atom stereocenters. The summed E-state index contributed by atoms with van der Waals surface area (Å²) in [7, 11) is 0. The predicted molar refractivity (Wildman–Crippen MR) is 151 cm³/mol. The van der Waals surface area contributed by atoms with E-state index in [2.05, 4.69) is 60.5 Å². The third-order valence-electron chi connectivity index (χ3n) is 8.25. The van der Waals surface area contributed by atoms with Crippen LogP contribution < -0.4 is 5.32 Å². The van der Waals surface area contributed by atoms with Crippen LogP contribution in [0.1, 0.15) is 88.8 Å². The number of hydrogen-bond acceptors (Lipinski definition) is 3. The van der Waals surface area contributed by atoms with Crippen molar-refractivity contribution in [3.8, 4) is 0 Å². The Kier molecular flexibility index (Phi) is 7.85. The molecule has 1 aliphatic carbocycles. The van der Waals surface area contributed by atoms with Gasteiger partial charge in [0.25, 0.3) is 5.91 Å². The molecular formula is C33H38N2O2. The summed E-state index contributed by atoms with van der Waals surface area (Å²) in [6.45, 7) is 7.45. The van der Waals surface area contributed by atoms with E-state index in [0.29, 0.717) is 17.4 Å². The van der Waals surface area contributed by atoms with Gasteiger partial charge in [-0.05, 0) is 98.5 Å². The first-order chi connectivity index (χ1) is 18.0. The topological polar surface area (TPSA) is 49.4 Å². The molecule has 4 heteroatoms. The van der Waals surface area contributed by atoms with Crippen LogP contribution in [0, 0.1) is 5.92 Å². The largest absolute Gasteiger partial charge is 0.322 e. The van der Waals surface area contributed by atoms with E-state index >= 15 is 0 Å². The van der Waals surface area contributed by atoms with Crippen LogP contribution in [0.15, 0.2) is 72.8 Å². The fraction of sp³-hybridized carbons (Fsp3) is 0.394. The van der Waals surface area contributed by atoms with Crippen LogP contribution in [0.25, 0.3) is 0 Å². The Morgan fingerprint density at radius 3 is 2.43 bits per heavy atom. The van der Waals surface area contributed by atoms with E-state index in [1.165, 1.54) is 18.4 Å². The first kappa shape index (κ1) is 25.4. The average Bonchev–Trinajstić information content (AvgIpc) is 2.93. The fourth-order valence-electron chi connectivity index (χ4n) is 6.00. The molecule has 0 spiro atoms. The number of benzene rings is 3. The molecule has 0 aromatic heterocycles. The van der Waals surface area contributed by atoms with Crippen molar-refractivity contribution >= 4 is 17.4 Å². The molecule has 1 heterocycles. The number of aryl methyl sites for hydroxylation is 1. The maximum atomic E-state index is 13.3. The average molecular weight is 495 g/mol. The van der Waals surface area contributed by atoms with Crippen molar-refractivity contribution in [2.45, 2.75) is 57.8 Å². The lowest BCUT2D eigenvalue weighted by Gasteiger charge is -2.33. The summed E-state index contributed by atoms with van der Waals surface area (Å²) < 4.78 is 0. The molecule has 2 aliphatic rings. The number of fused-ring (bicyclic) bond motifs is 1. The summed E-state index contributed by atoms with van der Waals surface area (Å²) in [4.78, 5) is 28.8. The molecule has 37 heavy (non-hydrogen) atoms. The Bertz CT molecular complexity index is 1240. The lowest BCUT2D eigenvalue weighted by molar-refractivity contribution is 0.0876. The number of anilines is 1. The Balaban J connectivity index is 1.16. The minimum absolute atomic E-state index is 0.0805. The fourth-order valence-corrected chi connectivity index (χ4v) is 6.00. The van der Waals surface area contributed by atoms with E-state index in [1.807, 2.05) is 30.3 Å². The number of rotatable bonds is 7. The number of amides is 1. The van der Waals surface area contributed by atoms with Gasteiger partial charge >= 0.3 is 0 Å². The van der Waals surface area contributed by atoms with Gasteiger partial charge in [-0.1, -0.05) is 68.4 Å². The van der Waals surface area contributed by atoms with Gasteiger partial charge in [-0.15, -0.1) is 0 Å². The molecule has 1 amide bonds. The maximum Gasteiger partial charge on any atom is 0.255 e. The molecular weight excluding hydrogens is 456 g/mol. The molecule has 1 fully saturated rings. The number of piperidine rings is 1. The molecule has 1 atom stereocenters. The molecule has 0 radical (unpaired) electrons. The summed E-state index contributed by atoms with van der Waals surface area (Å²) in [5, 5.41) is 3.08. The van der Waals surface area contributed by atoms with Crippen molar-refractivity contribution in [3.05, 3.63) is 101 Å². The SMILES string of the molecule is CC(C)c1ccccc1NC(=O)c1ccc2c(c1)CCC(CCN1CCC(c3ccccc3)CC1)C2=O. The Hall–Kier alpha value is -3.24. The second-order valence-electron chi connectivity index (χ2n) is 11.0. The van der Waals surface area contributed by atoms with E-state index in [-0.39, 0.29) is 17.6 Å². The van der Waals surface area contributed by atoms with E-state index in [9.17, 15) is 9.59 Å². The van der Waals surface area contributed by atoms with Gasteiger partial charge in [-0.25, -0.2) is 0 Å². The zero-order valence-corrected chi connectivity index (χ0v) is 22.1. The van der Waals surface area contributed by atoms with Crippen LogP contribution in [-0.4, -0.2) is 36.2 Å². The molecule has 1 aliphatic heterocycles. The molecule has 0 saturated carbocycles. The quantitative estimate of drug-likeness (QED) is 0.382. The predicted octanol–water partition coefficient (Wildman–Crippen LogP) is 7.08. The minimum atomic E-state index is -0.121. The van der Waals surface area contributed by atoms with Gasteiger partial charge in [-0.2, -0.15) is 0 Å². The van der Waals surface area contributed by atoms with Crippen LogP contribution >= 0.6 is 0 Å². The zero-order valence-electron chi connectivity index (χ0n) is 22.1. The van der Waals surface area contributed by atoms with Crippen molar-refractivity contribution in [1.29, 1.82) is 0 Å². The van der Waals surface area contributed by atoms with Crippen molar-refractivity contribution in [2.75, 3.05) is 25.0 Å². The number of ketones is 1. The molecule has 1 N–H and O–H groups in total. The molecule has 5 rings (SSSR count). The first-order valence-corrected chi connectivity index (χ1v) is 13.8. The third-order valence-corrected chi connectivity index (χ3v) is 8.25. The molecule has 192 valence electrons. The molecule has 0 bridgehead atoms. The van der Waals surface area contributed by atoms with Gasteiger partial charge in [0.15, 0.2) is 5.78 Å². The Labute approximate surface area is 221 Å². The monoisotopic (exact) mass is 494 g/mol. The van der Waals surface area contributed by atoms with Gasteiger partial charge in [0.1, 0.15) is 0 Å². The number of carbonyl (C=O) groups excluding carboxylic acids is 2. The van der Waals surface area contributed by atoms with Gasteiger partial charge in [0, 0.05) is 22.7 Å². The summed E-state index contributed by atoms with van der Waals surface area (Å²) in [6.07, 6.45) is 5.03. The Morgan fingerprint density at radius 1 is 0.946 bits per heavy atom. The number of hydrogen-bond donors (Lipinski definition) is 1. The van der Waals surface area contributed by atoms with Gasteiger partial charge < -0.3 is 10.2 Å². The van der Waals surface area contributed by atoms with Crippen molar-refractivity contribution in [3.63, 3.8) is 0 Å². The van der Waals surface area contributed by atoms with Crippen LogP contribution in [0.2, 0.25) is 0 Å². The summed E-state index contributed by atoms with van der Waals surface area (Å²) >= 11 is 0. The van der Waals surface area contributed by atoms with E-state index in [0.717, 1.165) is 61.3 Å². The lowest BCUT2D eigenvalue weighted by atomic mass is 9.80.